The van der Waals surface area contributed by atoms with Crippen LogP contribution in [0.5, 0.6) is 0 Å². The van der Waals surface area contributed by atoms with Crippen LogP contribution in [0, 0.1) is 11.3 Å². The van der Waals surface area contributed by atoms with E-state index < -0.39 is 11.9 Å². The predicted molar refractivity (Wildman–Crippen MR) is 64.0 cm³/mol. The van der Waals surface area contributed by atoms with E-state index in [2.05, 4.69) is 4.84 Å². The summed E-state index contributed by atoms with van der Waals surface area (Å²) in [5, 5.41) is 8.89. The molecule has 1 rings (SSSR count). The maximum Gasteiger partial charge on any atom is 0.332 e. The van der Waals surface area contributed by atoms with Gasteiger partial charge >= 0.3 is 5.97 Å². The second-order valence-electron chi connectivity index (χ2n) is 3.54. The normalized spacial score (nSPS) is 9.33. The third-order valence-electron chi connectivity index (χ3n) is 2.16. The minimum Gasteiger partial charge on any atom is -0.398 e. The van der Waals surface area contributed by atoms with E-state index in [1.807, 2.05) is 18.5 Å². The number of nitriles is 1. The number of rotatable bonds is 3. The summed E-state index contributed by atoms with van der Waals surface area (Å²) in [5.74, 6) is -1.21. The van der Waals surface area contributed by atoms with E-state index >= 15 is 0 Å². The van der Waals surface area contributed by atoms with Crippen molar-refractivity contribution >= 4 is 17.6 Å². The SMILES string of the molecule is CCCC(=O)ONC(=O)c1cccc(N)c1C#N. The van der Waals surface area contributed by atoms with Gasteiger partial charge in [-0.3, -0.25) is 4.79 Å². The molecule has 0 saturated heterocycles. The van der Waals surface area contributed by atoms with Crippen LogP contribution >= 0.6 is 0 Å². The molecule has 0 aliphatic heterocycles. The number of anilines is 1. The molecule has 0 aromatic heterocycles. The molecular formula is C12H13N3O3. The lowest BCUT2D eigenvalue weighted by molar-refractivity contribution is -0.149. The first kappa shape index (κ1) is 13.5. The van der Waals surface area contributed by atoms with Crippen LogP contribution in [0.4, 0.5) is 5.69 Å². The quantitative estimate of drug-likeness (QED) is 0.615. The number of amides is 1. The first-order valence-electron chi connectivity index (χ1n) is 5.38. The number of nitrogens with two attached hydrogens (primary N) is 1. The molecule has 1 amide bonds. The Morgan fingerprint density at radius 2 is 2.22 bits per heavy atom. The molecule has 0 aliphatic rings. The zero-order valence-corrected chi connectivity index (χ0v) is 9.90. The molecule has 6 heteroatoms. The largest absolute Gasteiger partial charge is 0.398 e. The van der Waals surface area contributed by atoms with Crippen molar-refractivity contribution in [2.75, 3.05) is 5.73 Å². The third-order valence-corrected chi connectivity index (χ3v) is 2.16. The summed E-state index contributed by atoms with van der Waals surface area (Å²) >= 11 is 0. The van der Waals surface area contributed by atoms with Gasteiger partial charge in [0.2, 0.25) is 0 Å². The van der Waals surface area contributed by atoms with Crippen LogP contribution in [0.3, 0.4) is 0 Å². The average molecular weight is 247 g/mol. The van der Waals surface area contributed by atoms with E-state index in [0.717, 1.165) is 0 Å². The highest BCUT2D eigenvalue weighted by Crippen LogP contribution is 2.15. The fourth-order valence-corrected chi connectivity index (χ4v) is 1.30. The molecule has 3 N–H and O–H groups in total. The minimum absolute atomic E-state index is 0.0570. The second kappa shape index (κ2) is 6.25. The first-order valence-corrected chi connectivity index (χ1v) is 5.38. The van der Waals surface area contributed by atoms with Crippen molar-refractivity contribution in [2.24, 2.45) is 0 Å². The minimum atomic E-state index is -0.677. The summed E-state index contributed by atoms with van der Waals surface area (Å²) in [4.78, 5) is 27.3. The smallest absolute Gasteiger partial charge is 0.332 e. The Morgan fingerprint density at radius 1 is 1.50 bits per heavy atom. The molecule has 1 aromatic rings. The van der Waals surface area contributed by atoms with Crippen molar-refractivity contribution in [3.8, 4) is 6.07 Å². The van der Waals surface area contributed by atoms with Crippen molar-refractivity contribution < 1.29 is 14.4 Å². The summed E-state index contributed by atoms with van der Waals surface area (Å²) in [5.41, 5.74) is 7.88. The molecule has 0 fully saturated rings. The Bertz CT molecular complexity index is 506. The fraction of sp³-hybridized carbons (Fsp3) is 0.250. The van der Waals surface area contributed by atoms with Crippen LogP contribution in [-0.2, 0) is 9.63 Å². The zero-order valence-electron chi connectivity index (χ0n) is 9.90. The van der Waals surface area contributed by atoms with Crippen LogP contribution in [-0.4, -0.2) is 11.9 Å². The van der Waals surface area contributed by atoms with Gasteiger partial charge in [0.1, 0.15) is 6.07 Å². The highest BCUT2D eigenvalue weighted by molar-refractivity contribution is 5.98. The topological polar surface area (TPSA) is 105 Å². The molecule has 0 saturated carbocycles. The lowest BCUT2D eigenvalue weighted by Crippen LogP contribution is -2.27. The molecule has 1 aromatic carbocycles. The molecule has 0 radical (unpaired) electrons. The van der Waals surface area contributed by atoms with Crippen molar-refractivity contribution in [2.45, 2.75) is 19.8 Å². The Kier molecular flexibility index (Phi) is 4.69. The number of hydroxylamine groups is 1. The number of hydrogen-bond acceptors (Lipinski definition) is 5. The maximum atomic E-state index is 11.7. The molecular weight excluding hydrogens is 234 g/mol. The van der Waals surface area contributed by atoms with Gasteiger partial charge in [0, 0.05) is 6.42 Å². The van der Waals surface area contributed by atoms with Gasteiger partial charge in [0.05, 0.1) is 16.8 Å². The zero-order chi connectivity index (χ0) is 13.5. The lowest BCUT2D eigenvalue weighted by atomic mass is 10.1. The Balaban J connectivity index is 2.77. The van der Waals surface area contributed by atoms with Gasteiger partial charge in [0.15, 0.2) is 0 Å². The summed E-state index contributed by atoms with van der Waals surface area (Å²) in [6, 6.07) is 6.31. The molecule has 0 spiro atoms. The Labute approximate surface area is 104 Å². The summed E-state index contributed by atoms with van der Waals surface area (Å²) in [6.07, 6.45) is 0.832. The van der Waals surface area contributed by atoms with E-state index in [1.165, 1.54) is 12.1 Å². The lowest BCUT2D eigenvalue weighted by Gasteiger charge is -2.07. The summed E-state index contributed by atoms with van der Waals surface area (Å²) in [6.45, 7) is 1.81. The molecule has 0 atom stereocenters. The number of nitrogens with zero attached hydrogens (tertiary/aromatic N) is 1. The van der Waals surface area contributed by atoms with E-state index in [4.69, 9.17) is 11.0 Å². The van der Waals surface area contributed by atoms with Gasteiger partial charge in [-0.05, 0) is 18.6 Å². The van der Waals surface area contributed by atoms with Crippen LogP contribution in [0.2, 0.25) is 0 Å². The molecule has 0 bridgehead atoms. The third kappa shape index (κ3) is 3.22. The fourth-order valence-electron chi connectivity index (χ4n) is 1.30. The van der Waals surface area contributed by atoms with Crippen LogP contribution < -0.4 is 11.2 Å². The van der Waals surface area contributed by atoms with E-state index in [1.54, 1.807) is 6.07 Å². The number of carbonyl (C=O) groups excluding carboxylic acids is 2. The Hall–Kier alpha value is -2.55. The monoisotopic (exact) mass is 247 g/mol. The Morgan fingerprint density at radius 3 is 2.83 bits per heavy atom. The van der Waals surface area contributed by atoms with E-state index in [-0.39, 0.29) is 23.2 Å². The van der Waals surface area contributed by atoms with E-state index in [0.29, 0.717) is 6.42 Å². The molecule has 94 valence electrons. The number of nitrogen functional groups attached to an aromatic ring is 1. The van der Waals surface area contributed by atoms with Crippen LogP contribution in [0.15, 0.2) is 18.2 Å². The van der Waals surface area contributed by atoms with Crippen molar-refractivity contribution in [3.05, 3.63) is 29.3 Å². The maximum absolute atomic E-state index is 11.7. The van der Waals surface area contributed by atoms with Gasteiger partial charge in [-0.25, -0.2) is 4.79 Å². The van der Waals surface area contributed by atoms with Crippen molar-refractivity contribution in [1.29, 1.82) is 5.26 Å². The molecule has 0 unspecified atom stereocenters. The van der Waals surface area contributed by atoms with Crippen molar-refractivity contribution in [1.82, 2.24) is 5.48 Å². The van der Waals surface area contributed by atoms with E-state index in [9.17, 15) is 9.59 Å². The second-order valence-corrected chi connectivity index (χ2v) is 3.54. The van der Waals surface area contributed by atoms with Crippen molar-refractivity contribution in [3.63, 3.8) is 0 Å². The van der Waals surface area contributed by atoms with Crippen LogP contribution in [0.25, 0.3) is 0 Å². The number of carbonyl (C=O) groups is 2. The standard InChI is InChI=1S/C12H13N3O3/c1-2-4-11(16)18-15-12(17)8-5-3-6-10(14)9(8)7-13/h3,5-6H,2,4,14H2,1H3,(H,15,17). The summed E-state index contributed by atoms with van der Waals surface area (Å²) in [7, 11) is 0. The van der Waals surface area contributed by atoms with Gasteiger partial charge < -0.3 is 10.6 Å². The number of hydrogen-bond donors (Lipinski definition) is 2. The van der Waals surface area contributed by atoms with Crippen LogP contribution in [0.1, 0.15) is 35.7 Å². The van der Waals surface area contributed by atoms with Gasteiger partial charge in [-0.2, -0.15) is 10.7 Å². The molecule has 6 nitrogen and oxygen atoms in total. The summed E-state index contributed by atoms with van der Waals surface area (Å²) < 4.78 is 0. The number of benzene rings is 1. The molecule has 0 heterocycles. The highest BCUT2D eigenvalue weighted by Gasteiger charge is 2.14. The molecule has 0 aliphatic carbocycles. The van der Waals surface area contributed by atoms with Gasteiger partial charge in [-0.1, -0.05) is 13.0 Å². The predicted octanol–water partition coefficient (Wildman–Crippen LogP) is 1.13. The highest BCUT2D eigenvalue weighted by atomic mass is 16.7. The average Bonchev–Trinajstić information content (AvgIpc) is 2.36. The first-order chi connectivity index (χ1) is 8.60. The molecule has 18 heavy (non-hydrogen) atoms. The van der Waals surface area contributed by atoms with Gasteiger partial charge in [0.25, 0.3) is 5.91 Å². The number of nitrogens with one attached hydrogen (secondary N) is 1. The van der Waals surface area contributed by atoms with Gasteiger partial charge in [-0.15, -0.1) is 0 Å².